The van der Waals surface area contributed by atoms with Crippen molar-refractivity contribution in [3.05, 3.63) is 48.2 Å². The van der Waals surface area contributed by atoms with Crippen molar-refractivity contribution in [2.45, 2.75) is 26.5 Å². The number of hydrogen-bond donors (Lipinski definition) is 2. The minimum atomic E-state index is -0.0594. The van der Waals surface area contributed by atoms with Crippen LogP contribution in [0.1, 0.15) is 19.4 Å². The number of guanidine groups is 1. The second-order valence-electron chi connectivity index (χ2n) is 6.54. The van der Waals surface area contributed by atoms with E-state index in [0.29, 0.717) is 13.1 Å². The third kappa shape index (κ3) is 6.33. The van der Waals surface area contributed by atoms with Crippen LogP contribution in [0.5, 0.6) is 11.5 Å². The van der Waals surface area contributed by atoms with E-state index in [1.165, 1.54) is 0 Å². The molecule has 2 rings (SSSR count). The van der Waals surface area contributed by atoms with Gasteiger partial charge in [0.1, 0.15) is 11.9 Å². The van der Waals surface area contributed by atoms with E-state index in [0.717, 1.165) is 35.4 Å². The molecular formula is C21H31N5O2. The van der Waals surface area contributed by atoms with Gasteiger partial charge in [0.25, 0.3) is 0 Å². The molecule has 0 aliphatic carbocycles. The highest BCUT2D eigenvalue weighted by molar-refractivity contribution is 5.79. The van der Waals surface area contributed by atoms with Crippen LogP contribution >= 0.6 is 0 Å². The minimum Gasteiger partial charge on any atom is -0.493 e. The first-order valence-electron chi connectivity index (χ1n) is 9.48. The van der Waals surface area contributed by atoms with E-state index in [-0.39, 0.29) is 6.10 Å². The number of benzene rings is 1. The van der Waals surface area contributed by atoms with Gasteiger partial charge in [-0.3, -0.25) is 0 Å². The van der Waals surface area contributed by atoms with Gasteiger partial charge in [0.05, 0.1) is 20.2 Å². The van der Waals surface area contributed by atoms with Crippen molar-refractivity contribution in [2.24, 2.45) is 4.99 Å². The van der Waals surface area contributed by atoms with Gasteiger partial charge in [-0.05, 0) is 32.0 Å². The molecule has 1 atom stereocenters. The maximum Gasteiger partial charge on any atom is 0.191 e. The Balaban J connectivity index is 1.98. The predicted molar refractivity (Wildman–Crippen MR) is 114 cm³/mol. The highest BCUT2D eigenvalue weighted by Crippen LogP contribution is 2.26. The third-order valence-electron chi connectivity index (χ3n) is 4.00. The Morgan fingerprint density at radius 3 is 2.57 bits per heavy atom. The predicted octanol–water partition coefficient (Wildman–Crippen LogP) is 2.68. The van der Waals surface area contributed by atoms with E-state index in [1.807, 2.05) is 69.2 Å². The van der Waals surface area contributed by atoms with Crippen LogP contribution in [0.3, 0.4) is 0 Å². The molecule has 0 saturated heterocycles. The molecule has 7 nitrogen and oxygen atoms in total. The molecular weight excluding hydrogens is 354 g/mol. The van der Waals surface area contributed by atoms with Crippen molar-refractivity contribution in [1.29, 1.82) is 0 Å². The van der Waals surface area contributed by atoms with Crippen LogP contribution in [0.15, 0.2) is 47.6 Å². The van der Waals surface area contributed by atoms with Gasteiger partial charge in [0.2, 0.25) is 0 Å². The van der Waals surface area contributed by atoms with E-state index >= 15 is 0 Å². The van der Waals surface area contributed by atoms with E-state index in [9.17, 15) is 0 Å². The monoisotopic (exact) mass is 385 g/mol. The lowest BCUT2D eigenvalue weighted by Gasteiger charge is -2.19. The SMILES string of the molecule is CCNC(=NCc1cccnc1N(C)C)NCC(C)Oc1ccccc1OC. The number of ether oxygens (including phenoxy) is 2. The molecule has 1 aromatic carbocycles. The highest BCUT2D eigenvalue weighted by atomic mass is 16.5. The fraction of sp³-hybridized carbons (Fsp3) is 0.429. The Morgan fingerprint density at radius 2 is 1.89 bits per heavy atom. The lowest BCUT2D eigenvalue weighted by atomic mass is 10.2. The molecule has 1 aromatic heterocycles. The summed E-state index contributed by atoms with van der Waals surface area (Å²) in [6, 6.07) is 11.6. The van der Waals surface area contributed by atoms with Crippen LogP contribution < -0.4 is 25.0 Å². The molecule has 0 aliphatic heterocycles. The Morgan fingerprint density at radius 1 is 1.14 bits per heavy atom. The fourth-order valence-corrected chi connectivity index (χ4v) is 2.68. The van der Waals surface area contributed by atoms with Crippen LogP contribution in [-0.4, -0.2) is 51.3 Å². The van der Waals surface area contributed by atoms with Crippen molar-refractivity contribution in [1.82, 2.24) is 15.6 Å². The summed E-state index contributed by atoms with van der Waals surface area (Å²) in [5.41, 5.74) is 1.07. The number of anilines is 1. The van der Waals surface area contributed by atoms with E-state index in [4.69, 9.17) is 9.47 Å². The number of rotatable bonds is 9. The summed E-state index contributed by atoms with van der Waals surface area (Å²) in [4.78, 5) is 11.1. The van der Waals surface area contributed by atoms with E-state index in [2.05, 4.69) is 20.6 Å². The molecule has 1 unspecified atom stereocenters. The van der Waals surface area contributed by atoms with Gasteiger partial charge in [-0.1, -0.05) is 18.2 Å². The van der Waals surface area contributed by atoms with E-state index in [1.54, 1.807) is 13.3 Å². The van der Waals surface area contributed by atoms with Crippen LogP contribution in [0.4, 0.5) is 5.82 Å². The molecule has 0 spiro atoms. The molecule has 7 heteroatoms. The number of para-hydroxylation sites is 2. The molecule has 0 saturated carbocycles. The van der Waals surface area contributed by atoms with E-state index < -0.39 is 0 Å². The summed E-state index contributed by atoms with van der Waals surface area (Å²) < 4.78 is 11.3. The summed E-state index contributed by atoms with van der Waals surface area (Å²) >= 11 is 0. The first-order valence-corrected chi connectivity index (χ1v) is 9.48. The van der Waals surface area contributed by atoms with Crippen molar-refractivity contribution >= 4 is 11.8 Å². The minimum absolute atomic E-state index is 0.0594. The second kappa shape index (κ2) is 11.0. The lowest BCUT2D eigenvalue weighted by Crippen LogP contribution is -2.41. The van der Waals surface area contributed by atoms with Crippen molar-refractivity contribution < 1.29 is 9.47 Å². The topological polar surface area (TPSA) is 71.0 Å². The third-order valence-corrected chi connectivity index (χ3v) is 4.00. The van der Waals surface area contributed by atoms with Gasteiger partial charge in [0.15, 0.2) is 17.5 Å². The lowest BCUT2D eigenvalue weighted by molar-refractivity contribution is 0.213. The number of pyridine rings is 1. The molecule has 2 N–H and O–H groups in total. The Bertz CT molecular complexity index is 764. The normalized spacial score (nSPS) is 12.2. The second-order valence-corrected chi connectivity index (χ2v) is 6.54. The molecule has 28 heavy (non-hydrogen) atoms. The molecule has 0 radical (unpaired) electrons. The molecule has 152 valence electrons. The zero-order valence-electron chi connectivity index (χ0n) is 17.4. The van der Waals surface area contributed by atoms with Gasteiger partial charge in [-0.25, -0.2) is 9.98 Å². The van der Waals surface area contributed by atoms with Crippen LogP contribution in [0.2, 0.25) is 0 Å². The Labute approximate surface area is 167 Å². The first-order chi connectivity index (χ1) is 13.5. The quantitative estimate of drug-likeness (QED) is 0.511. The zero-order valence-corrected chi connectivity index (χ0v) is 17.4. The van der Waals surface area contributed by atoms with Gasteiger partial charge in [-0.2, -0.15) is 0 Å². The van der Waals surface area contributed by atoms with Gasteiger partial charge < -0.3 is 25.0 Å². The Kier molecular flexibility index (Phi) is 8.39. The van der Waals surface area contributed by atoms with Crippen LogP contribution in [0.25, 0.3) is 0 Å². The molecule has 1 heterocycles. The smallest absolute Gasteiger partial charge is 0.191 e. The number of aromatic nitrogens is 1. The summed E-state index contributed by atoms with van der Waals surface area (Å²) in [5.74, 6) is 3.12. The van der Waals surface area contributed by atoms with Crippen LogP contribution in [0, 0.1) is 0 Å². The summed E-state index contributed by atoms with van der Waals surface area (Å²) in [7, 11) is 5.60. The molecule has 0 bridgehead atoms. The first kappa shape index (κ1) is 21.3. The zero-order chi connectivity index (χ0) is 20.4. The van der Waals surface area contributed by atoms with Crippen LogP contribution in [-0.2, 0) is 6.54 Å². The molecule has 2 aromatic rings. The number of hydrogen-bond acceptors (Lipinski definition) is 5. The number of nitrogens with one attached hydrogen (secondary N) is 2. The Hall–Kier alpha value is -2.96. The fourth-order valence-electron chi connectivity index (χ4n) is 2.68. The number of nitrogens with zero attached hydrogens (tertiary/aromatic N) is 3. The molecule has 0 aliphatic rings. The molecule has 0 amide bonds. The van der Waals surface area contributed by atoms with Gasteiger partial charge >= 0.3 is 0 Å². The average Bonchev–Trinajstić information content (AvgIpc) is 2.70. The summed E-state index contributed by atoms with van der Waals surface area (Å²) in [6.45, 7) is 5.98. The largest absolute Gasteiger partial charge is 0.493 e. The highest BCUT2D eigenvalue weighted by Gasteiger charge is 2.10. The summed E-state index contributed by atoms with van der Waals surface area (Å²) in [6.07, 6.45) is 1.74. The number of methoxy groups -OCH3 is 1. The van der Waals surface area contributed by atoms with Crippen molar-refractivity contribution in [3.63, 3.8) is 0 Å². The van der Waals surface area contributed by atoms with Gasteiger partial charge in [0, 0.05) is 32.4 Å². The van der Waals surface area contributed by atoms with Crippen molar-refractivity contribution in [2.75, 3.05) is 39.2 Å². The maximum atomic E-state index is 5.99. The standard InChI is InChI=1S/C21H31N5O2/c1-6-22-21(25-15-17-10-9-13-23-20(17)26(3)4)24-14-16(2)28-19-12-8-7-11-18(19)27-5/h7-13,16H,6,14-15H2,1-5H3,(H2,22,24,25). The molecule has 0 fully saturated rings. The van der Waals surface area contributed by atoms with Crippen molar-refractivity contribution in [3.8, 4) is 11.5 Å². The van der Waals surface area contributed by atoms with Gasteiger partial charge in [-0.15, -0.1) is 0 Å². The average molecular weight is 386 g/mol. The summed E-state index contributed by atoms with van der Waals surface area (Å²) in [5, 5.41) is 6.60. The number of aliphatic imine (C=N–C) groups is 1. The maximum absolute atomic E-state index is 5.99.